The van der Waals surface area contributed by atoms with E-state index in [1.807, 2.05) is 18.2 Å². The first-order chi connectivity index (χ1) is 14.1. The van der Waals surface area contributed by atoms with Crippen LogP contribution in [0, 0.1) is 5.41 Å². The molecule has 2 aromatic rings. The molecule has 29 heavy (non-hydrogen) atoms. The molecule has 1 aromatic carbocycles. The number of aromatic nitrogens is 2. The summed E-state index contributed by atoms with van der Waals surface area (Å²) in [6, 6.07) is 10.3. The second-order valence-corrected chi connectivity index (χ2v) is 8.46. The lowest BCUT2D eigenvalue weighted by Crippen LogP contribution is -2.59. The number of benzene rings is 1. The third-order valence-electron chi connectivity index (χ3n) is 6.35. The fourth-order valence-corrected chi connectivity index (χ4v) is 4.51. The minimum absolute atomic E-state index is 0.117. The first-order valence-corrected chi connectivity index (χ1v) is 10.5. The Kier molecular flexibility index (Phi) is 5.81. The van der Waals surface area contributed by atoms with Gasteiger partial charge in [0.2, 0.25) is 11.7 Å². The van der Waals surface area contributed by atoms with Crippen LogP contribution in [0.1, 0.15) is 48.3 Å². The van der Waals surface area contributed by atoms with Gasteiger partial charge in [0.25, 0.3) is 5.91 Å². The molecule has 2 aliphatic rings. The van der Waals surface area contributed by atoms with Gasteiger partial charge in [-0.25, -0.2) is 9.97 Å². The molecule has 2 fully saturated rings. The summed E-state index contributed by atoms with van der Waals surface area (Å²) in [6.07, 6.45) is 8.08. The van der Waals surface area contributed by atoms with Crippen molar-refractivity contribution in [3.05, 3.63) is 59.1 Å². The van der Waals surface area contributed by atoms with Crippen molar-refractivity contribution in [3.8, 4) is 0 Å². The molecule has 1 saturated carbocycles. The Bertz CT molecular complexity index is 864. The summed E-state index contributed by atoms with van der Waals surface area (Å²) >= 11 is 5.80. The van der Waals surface area contributed by atoms with Crippen molar-refractivity contribution in [1.29, 1.82) is 0 Å². The highest BCUT2D eigenvalue weighted by Crippen LogP contribution is 2.49. The van der Waals surface area contributed by atoms with Gasteiger partial charge < -0.3 is 10.2 Å². The number of likely N-dealkylation sites (tertiary alicyclic amines) is 1. The highest BCUT2D eigenvalue weighted by Gasteiger charge is 2.49. The van der Waals surface area contributed by atoms with Gasteiger partial charge in [0.15, 0.2) is 0 Å². The van der Waals surface area contributed by atoms with E-state index in [1.165, 1.54) is 18.0 Å². The van der Waals surface area contributed by atoms with Gasteiger partial charge in [-0.3, -0.25) is 9.59 Å². The highest BCUT2D eigenvalue weighted by molar-refractivity contribution is 6.30. The van der Waals surface area contributed by atoms with Crippen molar-refractivity contribution in [2.75, 3.05) is 13.1 Å². The van der Waals surface area contributed by atoms with Crippen LogP contribution in [0.15, 0.2) is 42.7 Å². The summed E-state index contributed by atoms with van der Waals surface area (Å²) in [6.45, 7) is 1.34. The Morgan fingerprint density at radius 3 is 2.41 bits per heavy atom. The molecule has 1 unspecified atom stereocenters. The number of hydrogen-bond acceptors (Lipinski definition) is 4. The molecular weight excluding hydrogens is 388 g/mol. The number of nitrogens with one attached hydrogen (secondary N) is 1. The van der Waals surface area contributed by atoms with Crippen molar-refractivity contribution < 1.29 is 9.59 Å². The number of hydrogen-bond donors (Lipinski definition) is 1. The Hall–Kier alpha value is -2.47. The molecule has 1 atom stereocenters. The molecule has 1 saturated heterocycles. The van der Waals surface area contributed by atoms with Crippen LogP contribution >= 0.6 is 11.6 Å². The van der Waals surface area contributed by atoms with Crippen LogP contribution in [-0.2, 0) is 11.2 Å². The minimum atomic E-state index is -0.153. The van der Waals surface area contributed by atoms with E-state index >= 15 is 0 Å². The van der Waals surface area contributed by atoms with Gasteiger partial charge in [-0.2, -0.15) is 0 Å². The van der Waals surface area contributed by atoms with Gasteiger partial charge >= 0.3 is 0 Å². The molecular formula is C22H25ClN4O2. The predicted octanol–water partition coefficient (Wildman–Crippen LogP) is 3.26. The molecule has 1 N–H and O–H groups in total. The van der Waals surface area contributed by atoms with Gasteiger partial charge in [-0.05, 0) is 43.1 Å². The van der Waals surface area contributed by atoms with E-state index in [2.05, 4.69) is 27.4 Å². The average molecular weight is 413 g/mol. The normalized spacial score (nSPS) is 20.2. The van der Waals surface area contributed by atoms with Crippen LogP contribution in [0.3, 0.4) is 0 Å². The molecule has 0 radical (unpaired) electrons. The third-order valence-corrected chi connectivity index (χ3v) is 6.54. The van der Waals surface area contributed by atoms with E-state index in [0.717, 1.165) is 32.1 Å². The molecule has 6 nitrogen and oxygen atoms in total. The van der Waals surface area contributed by atoms with E-state index in [9.17, 15) is 9.59 Å². The van der Waals surface area contributed by atoms with E-state index < -0.39 is 0 Å². The quantitative estimate of drug-likeness (QED) is 0.817. The fraction of sp³-hybridized carbons (Fsp3) is 0.455. The second-order valence-electron chi connectivity index (χ2n) is 8.02. The summed E-state index contributed by atoms with van der Waals surface area (Å²) in [7, 11) is 0. The van der Waals surface area contributed by atoms with Crippen molar-refractivity contribution in [2.45, 2.75) is 44.6 Å². The second kappa shape index (κ2) is 8.49. The molecule has 1 spiro atoms. The maximum Gasteiger partial charge on any atom is 0.291 e. The van der Waals surface area contributed by atoms with E-state index in [-0.39, 0.29) is 29.1 Å². The lowest BCUT2D eigenvalue weighted by Gasteiger charge is -2.54. The molecule has 4 rings (SSSR count). The summed E-state index contributed by atoms with van der Waals surface area (Å²) < 4.78 is 0. The number of piperidine rings is 1. The zero-order valence-corrected chi connectivity index (χ0v) is 17.1. The summed E-state index contributed by atoms with van der Waals surface area (Å²) in [5.41, 5.74) is 1.31. The summed E-state index contributed by atoms with van der Waals surface area (Å²) in [5, 5.41) is 3.66. The van der Waals surface area contributed by atoms with Gasteiger partial charge in [-0.1, -0.05) is 41.9 Å². The maximum absolute atomic E-state index is 12.6. The highest BCUT2D eigenvalue weighted by atomic mass is 35.5. The molecule has 7 heteroatoms. The van der Waals surface area contributed by atoms with E-state index in [1.54, 1.807) is 4.90 Å². The maximum atomic E-state index is 12.6. The van der Waals surface area contributed by atoms with Crippen molar-refractivity contribution >= 4 is 23.4 Å². The zero-order valence-electron chi connectivity index (χ0n) is 16.3. The topological polar surface area (TPSA) is 75.2 Å². The number of amides is 2. The van der Waals surface area contributed by atoms with Gasteiger partial charge in [0.1, 0.15) is 0 Å². The van der Waals surface area contributed by atoms with Crippen LogP contribution < -0.4 is 5.32 Å². The molecule has 0 bridgehead atoms. The number of carbonyl (C=O) groups is 2. The lowest BCUT2D eigenvalue weighted by atomic mass is 9.59. The van der Waals surface area contributed by atoms with Crippen LogP contribution in [0.2, 0.25) is 5.02 Å². The largest absolute Gasteiger partial charge is 0.353 e. The number of rotatable bonds is 5. The summed E-state index contributed by atoms with van der Waals surface area (Å²) in [4.78, 5) is 34.9. The third kappa shape index (κ3) is 4.42. The zero-order chi connectivity index (χ0) is 20.3. The predicted molar refractivity (Wildman–Crippen MR) is 111 cm³/mol. The van der Waals surface area contributed by atoms with Crippen LogP contribution in [0.5, 0.6) is 0 Å². The smallest absolute Gasteiger partial charge is 0.291 e. The molecule has 1 aromatic heterocycles. The Balaban J connectivity index is 1.27. The van der Waals surface area contributed by atoms with E-state index in [4.69, 9.17) is 11.6 Å². The lowest BCUT2D eigenvalue weighted by molar-refractivity contribution is -0.125. The Morgan fingerprint density at radius 2 is 1.79 bits per heavy atom. The number of aryl methyl sites for hydroxylation is 1. The number of nitrogens with zero attached hydrogens (tertiary/aromatic N) is 3. The van der Waals surface area contributed by atoms with Gasteiger partial charge in [0.05, 0.1) is 5.02 Å². The minimum Gasteiger partial charge on any atom is -0.353 e. The summed E-state index contributed by atoms with van der Waals surface area (Å²) in [5.74, 6) is 0.148. The standard InChI is InChI=1S/C22H25ClN4O2/c23-17-14-24-20(25-15-17)21(29)27-12-10-22(11-13-27)9-8-18(22)26-19(28)7-6-16-4-2-1-3-5-16/h1-5,14-15,18H,6-13H2,(H,26,28). The molecule has 152 valence electrons. The fourth-order valence-electron chi connectivity index (χ4n) is 4.41. The van der Waals surface area contributed by atoms with Crippen molar-refractivity contribution in [2.24, 2.45) is 5.41 Å². The average Bonchev–Trinajstić information content (AvgIpc) is 2.76. The van der Waals surface area contributed by atoms with Crippen LogP contribution in [0.25, 0.3) is 0 Å². The van der Waals surface area contributed by atoms with Crippen molar-refractivity contribution in [1.82, 2.24) is 20.2 Å². The SMILES string of the molecule is O=C(CCc1ccccc1)NC1CCC12CCN(C(=O)c1ncc(Cl)cn1)CC2. The molecule has 2 amide bonds. The monoisotopic (exact) mass is 412 g/mol. The number of halogens is 1. The van der Waals surface area contributed by atoms with E-state index in [0.29, 0.717) is 24.5 Å². The first kappa shape index (κ1) is 19.8. The van der Waals surface area contributed by atoms with Gasteiger partial charge in [-0.15, -0.1) is 0 Å². The molecule has 1 aliphatic carbocycles. The Morgan fingerprint density at radius 1 is 1.10 bits per heavy atom. The van der Waals surface area contributed by atoms with Crippen LogP contribution in [0.4, 0.5) is 0 Å². The van der Waals surface area contributed by atoms with Gasteiger partial charge in [0, 0.05) is 37.9 Å². The number of carbonyl (C=O) groups excluding carboxylic acids is 2. The Labute approximate surface area is 175 Å². The first-order valence-electron chi connectivity index (χ1n) is 10.2. The molecule has 2 heterocycles. The van der Waals surface area contributed by atoms with Crippen LogP contribution in [-0.4, -0.2) is 45.8 Å². The molecule has 1 aliphatic heterocycles. The van der Waals surface area contributed by atoms with Crippen molar-refractivity contribution in [3.63, 3.8) is 0 Å².